The average Bonchev–Trinajstić information content (AvgIpc) is 3.77. The highest BCUT2D eigenvalue weighted by Crippen LogP contribution is 2.53. The summed E-state index contributed by atoms with van der Waals surface area (Å²) < 4.78 is 14.8. The van der Waals surface area contributed by atoms with E-state index in [1.54, 1.807) is 12.1 Å². The number of nitriles is 1. The van der Waals surface area contributed by atoms with E-state index in [-0.39, 0.29) is 11.2 Å². The normalized spacial score (nSPS) is 24.8. The predicted molar refractivity (Wildman–Crippen MR) is 129 cm³/mol. The Balaban J connectivity index is 1.27. The molecule has 5 rings (SSSR count). The SMILES string of the molecule is N#Cc1ccc(CC2(CC[C@@H]3CC3c3ccccc3)CCN(CC3(C(=O)O)CC3)CC2)c(F)c1. The lowest BCUT2D eigenvalue weighted by Gasteiger charge is -2.43. The molecule has 0 aromatic heterocycles. The second-order valence-electron chi connectivity index (χ2n) is 11.0. The third-order valence-electron chi connectivity index (χ3n) is 8.69. The third-order valence-corrected chi connectivity index (χ3v) is 8.69. The molecule has 1 heterocycles. The number of benzene rings is 2. The summed E-state index contributed by atoms with van der Waals surface area (Å²) in [6, 6.07) is 17.6. The molecule has 4 nitrogen and oxygen atoms in total. The molecule has 1 N–H and O–H groups in total. The van der Waals surface area contributed by atoms with Gasteiger partial charge in [-0.2, -0.15) is 5.26 Å². The smallest absolute Gasteiger partial charge is 0.310 e. The van der Waals surface area contributed by atoms with Crippen LogP contribution in [0.15, 0.2) is 48.5 Å². The molecule has 2 aromatic carbocycles. The largest absolute Gasteiger partial charge is 0.481 e. The van der Waals surface area contributed by atoms with E-state index in [4.69, 9.17) is 5.26 Å². The third kappa shape index (κ3) is 4.88. The zero-order chi connectivity index (χ0) is 23.8. The average molecular weight is 461 g/mol. The highest BCUT2D eigenvalue weighted by Gasteiger charge is 2.52. The van der Waals surface area contributed by atoms with Gasteiger partial charge in [0.15, 0.2) is 0 Å². The van der Waals surface area contributed by atoms with E-state index in [1.165, 1.54) is 18.1 Å². The van der Waals surface area contributed by atoms with Gasteiger partial charge in [0.05, 0.1) is 17.0 Å². The molecule has 2 aromatic rings. The van der Waals surface area contributed by atoms with Crippen LogP contribution in [0.1, 0.15) is 67.6 Å². The van der Waals surface area contributed by atoms with Crippen LogP contribution in [0.3, 0.4) is 0 Å². The van der Waals surface area contributed by atoms with Gasteiger partial charge in [-0.15, -0.1) is 0 Å². The van der Waals surface area contributed by atoms with Crippen molar-refractivity contribution in [3.63, 3.8) is 0 Å². The summed E-state index contributed by atoms with van der Waals surface area (Å²) in [4.78, 5) is 14.0. The number of hydrogen-bond donors (Lipinski definition) is 1. The van der Waals surface area contributed by atoms with E-state index < -0.39 is 11.4 Å². The Morgan fingerprint density at radius 1 is 1.12 bits per heavy atom. The zero-order valence-electron chi connectivity index (χ0n) is 19.7. The van der Waals surface area contributed by atoms with Crippen molar-refractivity contribution in [2.24, 2.45) is 16.7 Å². The first-order valence-corrected chi connectivity index (χ1v) is 12.6. The van der Waals surface area contributed by atoms with Gasteiger partial charge in [-0.1, -0.05) is 36.4 Å². The summed E-state index contributed by atoms with van der Waals surface area (Å²) in [5, 5.41) is 18.7. The van der Waals surface area contributed by atoms with E-state index in [0.717, 1.165) is 51.6 Å². The summed E-state index contributed by atoms with van der Waals surface area (Å²) in [5.74, 6) is 0.405. The Labute approximate surface area is 201 Å². The van der Waals surface area contributed by atoms with Crippen LogP contribution in [0.4, 0.5) is 4.39 Å². The lowest BCUT2D eigenvalue weighted by atomic mass is 9.70. The standard InChI is InChI=1S/C29H33FN2O2/c30-26-16-21(19-31)6-7-24(26)18-28(9-8-23-17-25(23)22-4-2-1-3-5-22)12-14-32(15-13-28)20-29(10-11-29)27(33)34/h1-7,16,23,25H,8-15,17-18,20H2,(H,33,34)/t23-,25?/m1/s1. The summed E-state index contributed by atoms with van der Waals surface area (Å²) in [6.45, 7) is 2.39. The van der Waals surface area contributed by atoms with Crippen molar-refractivity contribution >= 4 is 5.97 Å². The number of piperidine rings is 1. The molecule has 178 valence electrons. The van der Waals surface area contributed by atoms with E-state index in [2.05, 4.69) is 35.2 Å². The maximum absolute atomic E-state index is 14.8. The van der Waals surface area contributed by atoms with E-state index in [0.29, 0.717) is 35.9 Å². The van der Waals surface area contributed by atoms with Crippen molar-refractivity contribution in [3.8, 4) is 6.07 Å². The fourth-order valence-electron chi connectivity index (χ4n) is 6.05. The maximum atomic E-state index is 14.8. The number of carbonyl (C=O) groups is 1. The summed E-state index contributed by atoms with van der Waals surface area (Å²) in [7, 11) is 0. The van der Waals surface area contributed by atoms with Gasteiger partial charge in [0.2, 0.25) is 0 Å². The van der Waals surface area contributed by atoms with Crippen LogP contribution in [0.2, 0.25) is 0 Å². The first-order chi connectivity index (χ1) is 16.4. The van der Waals surface area contributed by atoms with Gasteiger partial charge in [-0.05, 0) is 105 Å². The van der Waals surface area contributed by atoms with Crippen LogP contribution in [0.25, 0.3) is 0 Å². The van der Waals surface area contributed by atoms with Crippen molar-refractivity contribution in [2.45, 2.75) is 57.3 Å². The fraction of sp³-hybridized carbons (Fsp3) is 0.517. The van der Waals surface area contributed by atoms with Gasteiger partial charge >= 0.3 is 5.97 Å². The molecule has 3 fully saturated rings. The molecular formula is C29H33FN2O2. The molecule has 2 aliphatic carbocycles. The van der Waals surface area contributed by atoms with Gasteiger partial charge in [0.25, 0.3) is 0 Å². The van der Waals surface area contributed by atoms with Crippen LogP contribution in [-0.2, 0) is 11.2 Å². The number of carboxylic acids is 1. The van der Waals surface area contributed by atoms with Crippen molar-refractivity contribution in [2.75, 3.05) is 19.6 Å². The molecule has 0 amide bonds. The molecule has 0 bridgehead atoms. The molecule has 1 aliphatic heterocycles. The van der Waals surface area contributed by atoms with Crippen molar-refractivity contribution in [1.29, 1.82) is 5.26 Å². The Morgan fingerprint density at radius 3 is 2.47 bits per heavy atom. The van der Waals surface area contributed by atoms with E-state index >= 15 is 0 Å². The maximum Gasteiger partial charge on any atom is 0.310 e. The molecule has 5 heteroatoms. The molecule has 2 atom stereocenters. The second-order valence-corrected chi connectivity index (χ2v) is 11.0. The Morgan fingerprint density at radius 2 is 1.85 bits per heavy atom. The van der Waals surface area contributed by atoms with Crippen LogP contribution in [0, 0.1) is 33.9 Å². The predicted octanol–water partition coefficient (Wildman–Crippen LogP) is 5.77. The van der Waals surface area contributed by atoms with Gasteiger partial charge in [0, 0.05) is 6.54 Å². The highest BCUT2D eigenvalue weighted by atomic mass is 19.1. The van der Waals surface area contributed by atoms with Gasteiger partial charge < -0.3 is 10.0 Å². The highest BCUT2D eigenvalue weighted by molar-refractivity contribution is 5.78. The number of likely N-dealkylation sites (tertiary alicyclic amines) is 1. The first kappa shape index (κ1) is 23.1. The summed E-state index contributed by atoms with van der Waals surface area (Å²) >= 11 is 0. The van der Waals surface area contributed by atoms with Gasteiger partial charge in [-0.3, -0.25) is 4.79 Å². The van der Waals surface area contributed by atoms with Crippen molar-refractivity contribution in [3.05, 3.63) is 71.0 Å². The molecular weight excluding hydrogens is 427 g/mol. The molecule has 2 saturated carbocycles. The van der Waals surface area contributed by atoms with Crippen molar-refractivity contribution in [1.82, 2.24) is 4.90 Å². The molecule has 0 radical (unpaired) electrons. The summed E-state index contributed by atoms with van der Waals surface area (Å²) in [6.07, 6.45) is 7.63. The van der Waals surface area contributed by atoms with E-state index in [9.17, 15) is 14.3 Å². The lowest BCUT2D eigenvalue weighted by molar-refractivity contribution is -0.144. The topological polar surface area (TPSA) is 64.3 Å². The van der Waals surface area contributed by atoms with Crippen molar-refractivity contribution < 1.29 is 14.3 Å². The summed E-state index contributed by atoms with van der Waals surface area (Å²) in [5.41, 5.74) is 1.98. The van der Waals surface area contributed by atoms with Gasteiger partial charge in [-0.25, -0.2) is 4.39 Å². The quantitative estimate of drug-likeness (QED) is 0.516. The van der Waals surface area contributed by atoms with Crippen LogP contribution >= 0.6 is 0 Å². The number of halogens is 1. The number of aliphatic carboxylic acids is 1. The lowest BCUT2D eigenvalue weighted by Crippen LogP contribution is -2.44. The van der Waals surface area contributed by atoms with Gasteiger partial charge in [0.1, 0.15) is 5.82 Å². The number of nitrogens with zero attached hydrogens (tertiary/aromatic N) is 2. The Kier molecular flexibility index (Phi) is 6.20. The number of carboxylic acid groups (broad SMARTS) is 1. The molecule has 1 saturated heterocycles. The zero-order valence-corrected chi connectivity index (χ0v) is 19.7. The molecule has 1 unspecified atom stereocenters. The fourth-order valence-corrected chi connectivity index (χ4v) is 6.05. The second kappa shape index (κ2) is 9.15. The monoisotopic (exact) mass is 460 g/mol. The van der Waals surface area contributed by atoms with Crippen LogP contribution in [-0.4, -0.2) is 35.6 Å². The minimum absolute atomic E-state index is 0.0231. The minimum Gasteiger partial charge on any atom is -0.481 e. The first-order valence-electron chi connectivity index (χ1n) is 12.6. The molecule has 0 spiro atoms. The molecule has 34 heavy (non-hydrogen) atoms. The number of hydrogen-bond acceptors (Lipinski definition) is 3. The minimum atomic E-state index is -0.662. The van der Waals surface area contributed by atoms with E-state index in [1.807, 2.05) is 6.07 Å². The van der Waals surface area contributed by atoms with Crippen LogP contribution < -0.4 is 0 Å². The molecule has 3 aliphatic rings. The Bertz CT molecular complexity index is 1080. The van der Waals surface area contributed by atoms with Crippen LogP contribution in [0.5, 0.6) is 0 Å². The number of rotatable bonds is 9. The Hall–Kier alpha value is -2.71.